The first-order chi connectivity index (χ1) is 69.1. The summed E-state index contributed by atoms with van der Waals surface area (Å²) in [4.78, 5) is 37.6. The Morgan fingerprint density at radius 3 is 1.10 bits per heavy atom. The first-order valence-electron chi connectivity index (χ1n) is 47.9. The lowest BCUT2D eigenvalue weighted by atomic mass is 10.0. The molecule has 0 spiro atoms. The van der Waals surface area contributed by atoms with Gasteiger partial charge in [-0.05, 0) is 266 Å². The Bertz CT molecular complexity index is 7400. The predicted molar refractivity (Wildman–Crippen MR) is 582 cm³/mol. The van der Waals surface area contributed by atoms with Gasteiger partial charge in [0.05, 0.1) is 91.1 Å². The largest absolute Gasteiger partial charge is 0.378 e. The highest BCUT2D eigenvalue weighted by molar-refractivity contribution is 7.94. The third-order valence-electron chi connectivity index (χ3n) is 25.0. The Balaban J connectivity index is 0.000000163. The van der Waals surface area contributed by atoms with E-state index in [9.17, 15) is 76.9 Å². The van der Waals surface area contributed by atoms with E-state index >= 15 is 0 Å². The van der Waals surface area contributed by atoms with Crippen molar-refractivity contribution in [2.45, 2.75) is 149 Å². The first kappa shape index (κ1) is 112. The summed E-state index contributed by atoms with van der Waals surface area (Å²) in [5.41, 5.74) is 10.0. The Morgan fingerprint density at radius 2 is 0.692 bits per heavy atom. The molecule has 11 aromatic rings. The molecule has 2 amide bonds. The van der Waals surface area contributed by atoms with Crippen molar-refractivity contribution in [3.63, 3.8) is 0 Å². The SMILES string of the molecule is CN(C)Cc1ccc(S(=O)(=O)Nc2ccccc2N2CCCCC2)cc1.CN(C)S(=O)(=O)c1ccc(S(=O)(=O)Nc2ccccc2-c2ccccc2)cc1.CN(C)S(=O)(=O)c1ccc(S(=O)(=O)Nc2ccccc2N2CCCCC2)c(NC(=O)CCC2(C)C=C2)c1.CN(C)c1ccc(S(=O)(=O)Nc2ccccc2N2CCCCC2)cc1.Cc1cccc(NS(=O)(=O)c2ccc(S(=O)(=O)N(C)C)cc2)c1N1CCCCC1=O. The molecule has 11 aromatic carbocycles. The quantitative estimate of drug-likeness (QED) is 0.0208. The fourth-order valence-electron chi connectivity index (χ4n) is 16.7. The van der Waals surface area contributed by atoms with E-state index in [1.807, 2.05) is 193 Å². The summed E-state index contributed by atoms with van der Waals surface area (Å²) in [6, 6.07) is 72.0. The number of anilines is 11. The van der Waals surface area contributed by atoms with Crippen LogP contribution in [0, 0.1) is 12.3 Å². The fraction of sp³-hybridized carbons (Fsp3) is 0.333. The molecule has 0 unspecified atom stereocenters. The van der Waals surface area contributed by atoms with Gasteiger partial charge >= 0.3 is 0 Å². The van der Waals surface area contributed by atoms with E-state index in [-0.39, 0.29) is 68.5 Å². The van der Waals surface area contributed by atoms with E-state index in [0.29, 0.717) is 53.5 Å². The molecule has 1 aliphatic carbocycles. The number of allylic oxidation sites excluding steroid dienone is 2. The number of amides is 2. The van der Waals surface area contributed by atoms with Crippen molar-refractivity contribution in [3.8, 4) is 11.1 Å². The van der Waals surface area contributed by atoms with Crippen LogP contribution >= 0.6 is 0 Å². The monoisotopic (exact) mass is 2150 g/mol. The maximum Gasteiger partial charge on any atom is 0.264 e. The van der Waals surface area contributed by atoms with Gasteiger partial charge in [-0.1, -0.05) is 128 Å². The number of piperidine rings is 4. The molecule has 16 rings (SSSR count). The van der Waals surface area contributed by atoms with Crippen LogP contribution in [0.5, 0.6) is 0 Å². The van der Waals surface area contributed by atoms with Crippen LogP contribution < -0.4 is 53.4 Å². The topological polar surface area (TPSA) is 409 Å². The predicted octanol–water partition coefficient (Wildman–Crippen LogP) is 17.1. The summed E-state index contributed by atoms with van der Waals surface area (Å²) in [6.07, 6.45) is 17.1. The number of carbonyl (C=O) groups is 2. The Kier molecular flexibility index (Phi) is 37.8. The minimum Gasteiger partial charge on any atom is -0.378 e. The van der Waals surface area contributed by atoms with Crippen LogP contribution in [0.1, 0.15) is 108 Å². The third-order valence-corrected chi connectivity index (χ3v) is 37.4. The molecule has 41 heteroatoms. The molecule has 0 aromatic heterocycles. The van der Waals surface area contributed by atoms with Gasteiger partial charge in [0.1, 0.15) is 4.90 Å². The maximum atomic E-state index is 13.6. The van der Waals surface area contributed by atoms with Crippen molar-refractivity contribution in [3.05, 3.63) is 284 Å². The minimum absolute atomic E-state index is 0.00149. The van der Waals surface area contributed by atoms with Crippen LogP contribution in [0.25, 0.3) is 11.1 Å². The highest BCUT2D eigenvalue weighted by Crippen LogP contribution is 2.42. The first-order valence-corrected chi connectivity index (χ1v) is 59.7. The molecule has 146 heavy (non-hydrogen) atoms. The van der Waals surface area contributed by atoms with E-state index < -0.39 is 80.2 Å². The van der Waals surface area contributed by atoms with Crippen LogP contribution in [0.4, 0.5) is 62.6 Å². The van der Waals surface area contributed by atoms with Crippen molar-refractivity contribution in [1.82, 2.24) is 17.8 Å². The van der Waals surface area contributed by atoms with Crippen molar-refractivity contribution in [1.29, 1.82) is 0 Å². The molecule has 4 aliphatic heterocycles. The van der Waals surface area contributed by atoms with Gasteiger partial charge in [0.25, 0.3) is 50.1 Å². The summed E-state index contributed by atoms with van der Waals surface area (Å²) in [5.74, 6) is -0.422. The highest BCUT2D eigenvalue weighted by Gasteiger charge is 2.34. The molecule has 0 saturated carbocycles. The number of benzene rings is 11. The molecule has 5 aliphatic rings. The molecule has 4 saturated heterocycles. The molecule has 0 bridgehead atoms. The van der Waals surface area contributed by atoms with E-state index in [4.69, 9.17) is 0 Å². The Hall–Kier alpha value is -12.3. The van der Waals surface area contributed by atoms with E-state index in [0.717, 1.165) is 162 Å². The smallest absolute Gasteiger partial charge is 0.264 e. The molecular formula is C105H131N15O18S8. The van der Waals surface area contributed by atoms with Crippen LogP contribution in [0.15, 0.2) is 312 Å². The van der Waals surface area contributed by atoms with Crippen LogP contribution in [0.3, 0.4) is 0 Å². The van der Waals surface area contributed by atoms with Crippen molar-refractivity contribution < 1.29 is 76.9 Å². The van der Waals surface area contributed by atoms with E-state index in [1.54, 1.807) is 65.6 Å². The van der Waals surface area contributed by atoms with Gasteiger partial charge in [0, 0.05) is 138 Å². The van der Waals surface area contributed by atoms with E-state index in [2.05, 4.69) is 48.5 Å². The van der Waals surface area contributed by atoms with Crippen molar-refractivity contribution in [2.24, 2.45) is 5.41 Å². The number of sulfonamides is 8. The second kappa shape index (κ2) is 49.0. The summed E-state index contributed by atoms with van der Waals surface area (Å²) >= 11 is 0. The lowest BCUT2D eigenvalue weighted by Crippen LogP contribution is -2.36. The maximum absolute atomic E-state index is 13.6. The van der Waals surface area contributed by atoms with Crippen LogP contribution in [0.2, 0.25) is 0 Å². The number of nitrogens with one attached hydrogen (secondary N) is 6. The molecule has 0 atom stereocenters. The third kappa shape index (κ3) is 29.6. The molecule has 4 fully saturated rings. The average molecular weight is 2150 g/mol. The molecule has 782 valence electrons. The number of hydrogen-bond acceptors (Lipinski definition) is 23. The van der Waals surface area contributed by atoms with Gasteiger partial charge in [0.15, 0.2) is 0 Å². The zero-order valence-corrected chi connectivity index (χ0v) is 90.7. The van der Waals surface area contributed by atoms with Crippen LogP contribution in [-0.4, -0.2) is 213 Å². The van der Waals surface area contributed by atoms with Crippen LogP contribution in [-0.2, 0) is 96.3 Å². The summed E-state index contributed by atoms with van der Waals surface area (Å²) in [7, 11) is -14.1. The minimum atomic E-state index is -4.18. The molecule has 0 radical (unpaired) electrons. The summed E-state index contributed by atoms with van der Waals surface area (Å²) in [6.45, 7) is 10.7. The number of rotatable bonds is 33. The normalized spacial score (nSPS) is 15.1. The molecule has 4 heterocycles. The van der Waals surface area contributed by atoms with E-state index in [1.165, 1.54) is 122 Å². The number of aryl methyl sites for hydroxylation is 1. The van der Waals surface area contributed by atoms with Crippen molar-refractivity contribution in [2.75, 3.05) is 170 Å². The zero-order valence-electron chi connectivity index (χ0n) is 84.2. The number of hydrogen-bond donors (Lipinski definition) is 6. The molecular weight excluding hydrogens is 2020 g/mol. The number of carbonyl (C=O) groups excluding carboxylic acids is 2. The number of para-hydroxylation sites is 8. The summed E-state index contributed by atoms with van der Waals surface area (Å²) < 4.78 is 221. The number of nitrogens with zero attached hydrogens (tertiary/aromatic N) is 9. The standard InChI is InChI=1S/C26H34N4O5S2.C20H25N3O5S2.C20H27N3O2S.C20H20N2O4S2.C19H25N3O2S/c1-26(15-16-26)14-13-25(31)27-22-19-20(37(34,35)29(2)3)11-12-24(22)36(32,33)28-21-9-5-6-10-23(21)30-17-7-4-8-18-30;1-15-7-6-8-18(20(15)23-14-5-4-9-19(23)24)21-29(25,26)16-10-12-17(13-11-16)30(27,28)22(2)3;1-22(2)16-17-10-12-18(13-11-17)26(24,25)21-19-8-4-5-9-20(19)23-14-6-3-7-15-23;1-22(2)28(25,26)18-14-12-17(13-15-18)27(23,24)21-20-11-7-6-10-19(20)16-8-4-3-5-9-16;1-21(2)16-10-12-17(13-11-16)25(23,24)20-18-8-4-5-9-19(18)22-14-6-3-7-15-22/h5-6,9-12,15-16,19,28H,4,7-8,13-14,17-18H2,1-3H3,(H,27,31);6-8,10-13,21H,4-5,9,14H2,1-3H3;4-5,8-13,21H,3,6-7,14-16H2,1-2H3;3-15,21H,1-2H3;4-5,8-13,20H,3,6-7,14-15H2,1-2H3. The van der Waals surface area contributed by atoms with Gasteiger partial charge in [-0.2, -0.15) is 0 Å². The second-order valence-corrected chi connectivity index (χ2v) is 52.1. The van der Waals surface area contributed by atoms with Gasteiger partial charge in [0.2, 0.25) is 41.9 Å². The molecule has 33 nitrogen and oxygen atoms in total. The van der Waals surface area contributed by atoms with Gasteiger partial charge < -0.3 is 34.7 Å². The zero-order chi connectivity index (χ0) is 106. The Morgan fingerprint density at radius 1 is 0.342 bits per heavy atom. The molecule has 6 N–H and O–H groups in total. The van der Waals surface area contributed by atoms with Gasteiger partial charge in [-0.15, -0.1) is 0 Å². The van der Waals surface area contributed by atoms with Gasteiger partial charge in [-0.3, -0.25) is 33.2 Å². The Labute approximate surface area is 862 Å². The highest BCUT2D eigenvalue weighted by atomic mass is 32.2. The lowest BCUT2D eigenvalue weighted by Gasteiger charge is -2.30. The lowest BCUT2D eigenvalue weighted by molar-refractivity contribution is -0.119. The fourth-order valence-corrected chi connectivity index (χ4v) is 24.9. The second-order valence-electron chi connectivity index (χ2n) is 37.2. The van der Waals surface area contributed by atoms with Gasteiger partial charge in [-0.25, -0.2) is 80.3 Å². The van der Waals surface area contributed by atoms with Crippen molar-refractivity contribution >= 4 is 155 Å². The average Bonchev–Trinajstić information content (AvgIpc) is 0.880. The summed E-state index contributed by atoms with van der Waals surface area (Å²) in [5, 5.41) is 2.65.